The Labute approximate surface area is 209 Å². The van der Waals surface area contributed by atoms with E-state index in [-0.39, 0.29) is 5.91 Å². The van der Waals surface area contributed by atoms with Crippen LogP contribution in [0.3, 0.4) is 0 Å². The molecule has 5 heterocycles. The van der Waals surface area contributed by atoms with Crippen LogP contribution >= 0.6 is 0 Å². The van der Waals surface area contributed by atoms with Crippen molar-refractivity contribution in [2.24, 2.45) is 0 Å². The second-order valence-corrected chi connectivity index (χ2v) is 9.53. The quantitative estimate of drug-likeness (QED) is 0.548. The van der Waals surface area contributed by atoms with E-state index in [4.69, 9.17) is 0 Å². The number of benzene rings is 1. The Morgan fingerprint density at radius 3 is 2.61 bits per heavy atom. The van der Waals surface area contributed by atoms with Crippen molar-refractivity contribution < 1.29 is 4.79 Å². The molecule has 0 aliphatic carbocycles. The lowest BCUT2D eigenvalue weighted by Gasteiger charge is -2.33. The van der Waals surface area contributed by atoms with Crippen LogP contribution in [-0.2, 0) is 4.79 Å². The molecule has 3 aliphatic rings. The highest BCUT2D eigenvalue weighted by molar-refractivity contribution is 5.94. The molecule has 3 fully saturated rings. The number of rotatable bonds is 6. The van der Waals surface area contributed by atoms with E-state index in [1.54, 1.807) is 11.0 Å². The Kier molecular flexibility index (Phi) is 5.62. The lowest BCUT2D eigenvalue weighted by molar-refractivity contribution is -0.117. The molecule has 2 unspecified atom stereocenters. The van der Waals surface area contributed by atoms with Crippen molar-refractivity contribution in [3.8, 4) is 6.07 Å². The van der Waals surface area contributed by atoms with E-state index in [2.05, 4.69) is 60.6 Å². The fraction of sp³-hybridized carbons (Fsp3) is 0.346. The Balaban J connectivity index is 1.17. The Bertz CT molecular complexity index is 1330. The normalized spacial score (nSPS) is 21.2. The summed E-state index contributed by atoms with van der Waals surface area (Å²) in [6.45, 7) is 2.85. The number of nitrogens with one attached hydrogen (secondary N) is 2. The minimum Gasteiger partial charge on any atom is -0.366 e. The average Bonchev–Trinajstić information content (AvgIpc) is 3.60. The summed E-state index contributed by atoms with van der Waals surface area (Å²) in [5.41, 5.74) is 2.39. The fourth-order valence-corrected chi connectivity index (χ4v) is 5.32. The number of amides is 1. The minimum absolute atomic E-state index is 0.0708. The molecule has 3 aromatic rings. The maximum Gasteiger partial charge on any atom is 0.229 e. The molecule has 3 aliphatic heterocycles. The van der Waals surface area contributed by atoms with Gasteiger partial charge in [0.1, 0.15) is 23.3 Å². The zero-order valence-electron chi connectivity index (χ0n) is 20.1. The van der Waals surface area contributed by atoms with Crippen molar-refractivity contribution in [3.63, 3.8) is 0 Å². The Hall–Kier alpha value is -4.23. The van der Waals surface area contributed by atoms with Crippen LogP contribution in [0.25, 0.3) is 0 Å². The number of fused-ring (bicyclic) bond motifs is 2. The average molecular weight is 482 g/mol. The summed E-state index contributed by atoms with van der Waals surface area (Å²) in [4.78, 5) is 32.1. The van der Waals surface area contributed by atoms with Crippen molar-refractivity contribution in [1.82, 2.24) is 19.9 Å². The number of aromatic nitrogens is 3. The number of likely N-dealkylation sites (tertiary alicyclic amines) is 1. The lowest BCUT2D eigenvalue weighted by Crippen LogP contribution is -2.44. The first-order chi connectivity index (χ1) is 17.6. The summed E-state index contributed by atoms with van der Waals surface area (Å²) in [6, 6.07) is 17.1. The SMILES string of the molecule is CN1CC2CC1CN2c1ccc(Nc2ncc(C#N)c(Nc3cccc(N4CCCC4=O)n3)n2)cc1. The van der Waals surface area contributed by atoms with E-state index in [0.29, 0.717) is 54.0 Å². The standard InChI is InChI=1S/C26H27N9O/c1-33-15-21-12-20(33)16-35(21)19-9-7-18(8-10-19)29-26-28-14-17(13-27)25(32-26)31-22-4-2-5-23(30-22)34-11-3-6-24(34)36/h2,4-5,7-10,14,20-21H,3,6,11-12,15-16H2,1H3,(H2,28,29,30,31,32). The maximum atomic E-state index is 12.1. The van der Waals surface area contributed by atoms with Gasteiger partial charge in [-0.2, -0.15) is 10.2 Å². The van der Waals surface area contributed by atoms with E-state index in [1.165, 1.54) is 18.3 Å². The molecule has 3 saturated heterocycles. The number of hydrogen-bond acceptors (Lipinski definition) is 9. The number of carbonyl (C=O) groups is 1. The second-order valence-electron chi connectivity index (χ2n) is 9.53. The largest absolute Gasteiger partial charge is 0.366 e. The monoisotopic (exact) mass is 481 g/mol. The van der Waals surface area contributed by atoms with Crippen LogP contribution in [0.4, 0.5) is 34.8 Å². The molecule has 1 amide bonds. The first-order valence-electron chi connectivity index (χ1n) is 12.2. The van der Waals surface area contributed by atoms with Crippen molar-refractivity contribution >= 4 is 40.7 Å². The molecule has 6 rings (SSSR count). The van der Waals surface area contributed by atoms with Crippen LogP contribution < -0.4 is 20.4 Å². The first-order valence-corrected chi connectivity index (χ1v) is 12.2. The van der Waals surface area contributed by atoms with Gasteiger partial charge in [-0.05, 0) is 56.3 Å². The van der Waals surface area contributed by atoms with Gasteiger partial charge in [-0.3, -0.25) is 14.6 Å². The number of piperazine rings is 1. The molecule has 2 atom stereocenters. The topological polar surface area (TPSA) is 113 Å². The number of nitrogens with zero attached hydrogens (tertiary/aromatic N) is 7. The van der Waals surface area contributed by atoms with Gasteiger partial charge in [0.15, 0.2) is 5.82 Å². The highest BCUT2D eigenvalue weighted by atomic mass is 16.2. The third-order valence-electron chi connectivity index (χ3n) is 7.21. The van der Waals surface area contributed by atoms with Gasteiger partial charge in [-0.1, -0.05) is 6.07 Å². The van der Waals surface area contributed by atoms with Gasteiger partial charge in [0.2, 0.25) is 11.9 Å². The van der Waals surface area contributed by atoms with Crippen LogP contribution in [-0.4, -0.2) is 64.5 Å². The van der Waals surface area contributed by atoms with E-state index >= 15 is 0 Å². The van der Waals surface area contributed by atoms with Crippen LogP contribution in [0.1, 0.15) is 24.8 Å². The van der Waals surface area contributed by atoms with Crippen LogP contribution in [0, 0.1) is 11.3 Å². The second kappa shape index (κ2) is 9.09. The zero-order chi connectivity index (χ0) is 24.6. The molecule has 2 N–H and O–H groups in total. The van der Waals surface area contributed by atoms with Crippen LogP contribution in [0.15, 0.2) is 48.7 Å². The van der Waals surface area contributed by atoms with Crippen LogP contribution in [0.5, 0.6) is 0 Å². The van der Waals surface area contributed by atoms with Gasteiger partial charge in [-0.15, -0.1) is 0 Å². The summed E-state index contributed by atoms with van der Waals surface area (Å²) >= 11 is 0. The van der Waals surface area contributed by atoms with Crippen molar-refractivity contribution in [1.29, 1.82) is 5.26 Å². The molecule has 2 bridgehead atoms. The molecule has 36 heavy (non-hydrogen) atoms. The number of nitriles is 1. The number of pyridine rings is 1. The molecular weight excluding hydrogens is 454 g/mol. The maximum absolute atomic E-state index is 12.1. The van der Waals surface area contributed by atoms with E-state index < -0.39 is 0 Å². The van der Waals surface area contributed by atoms with Crippen LogP contribution in [0.2, 0.25) is 0 Å². The minimum atomic E-state index is 0.0708. The Morgan fingerprint density at radius 2 is 1.92 bits per heavy atom. The summed E-state index contributed by atoms with van der Waals surface area (Å²) in [7, 11) is 2.21. The zero-order valence-corrected chi connectivity index (χ0v) is 20.1. The van der Waals surface area contributed by atoms with Crippen molar-refractivity contribution in [2.75, 3.05) is 47.1 Å². The summed E-state index contributed by atoms with van der Waals surface area (Å²) in [5, 5.41) is 15.9. The molecule has 182 valence electrons. The highest BCUT2D eigenvalue weighted by Gasteiger charge is 2.41. The summed E-state index contributed by atoms with van der Waals surface area (Å²) in [6.07, 6.45) is 4.08. The van der Waals surface area contributed by atoms with E-state index in [9.17, 15) is 10.1 Å². The molecular formula is C26H27N9O. The third-order valence-corrected chi connectivity index (χ3v) is 7.21. The van der Waals surface area contributed by atoms with Crippen molar-refractivity contribution in [3.05, 3.63) is 54.2 Å². The molecule has 1 aromatic carbocycles. The molecule has 0 radical (unpaired) electrons. The Morgan fingerprint density at radius 1 is 1.06 bits per heavy atom. The molecule has 0 saturated carbocycles. The van der Waals surface area contributed by atoms with E-state index in [1.807, 2.05) is 24.3 Å². The summed E-state index contributed by atoms with van der Waals surface area (Å²) < 4.78 is 0. The molecule has 10 nitrogen and oxygen atoms in total. The first kappa shape index (κ1) is 22.2. The fourth-order valence-electron chi connectivity index (χ4n) is 5.32. The third kappa shape index (κ3) is 4.18. The van der Waals surface area contributed by atoms with Gasteiger partial charge < -0.3 is 15.5 Å². The number of likely N-dealkylation sites (N-methyl/N-ethyl adjacent to an activating group) is 1. The smallest absolute Gasteiger partial charge is 0.229 e. The number of hydrogen-bond donors (Lipinski definition) is 2. The molecule has 0 spiro atoms. The van der Waals surface area contributed by atoms with Gasteiger partial charge in [0, 0.05) is 49.5 Å². The number of anilines is 6. The summed E-state index contributed by atoms with van der Waals surface area (Å²) in [5.74, 6) is 1.88. The predicted molar refractivity (Wildman–Crippen MR) is 138 cm³/mol. The van der Waals surface area contributed by atoms with Gasteiger partial charge in [-0.25, -0.2) is 9.97 Å². The number of carbonyl (C=O) groups excluding carboxylic acids is 1. The molecule has 10 heteroatoms. The van der Waals surface area contributed by atoms with Gasteiger partial charge in [0.05, 0.1) is 6.20 Å². The predicted octanol–water partition coefficient (Wildman–Crippen LogP) is 3.25. The van der Waals surface area contributed by atoms with E-state index in [0.717, 1.165) is 25.2 Å². The van der Waals surface area contributed by atoms with Crippen molar-refractivity contribution in [2.45, 2.75) is 31.3 Å². The lowest BCUT2D eigenvalue weighted by atomic mass is 10.2. The van der Waals surface area contributed by atoms with Gasteiger partial charge in [0.25, 0.3) is 0 Å². The highest BCUT2D eigenvalue weighted by Crippen LogP contribution is 2.34. The van der Waals surface area contributed by atoms with Gasteiger partial charge >= 0.3 is 0 Å². The molecule has 2 aromatic heterocycles.